The number of aliphatic hydroxyl groups is 1. The van der Waals surface area contributed by atoms with E-state index in [9.17, 15) is 9.90 Å². The Hall–Kier alpha value is -1.00. The average molecular weight is 226 g/mol. The van der Waals surface area contributed by atoms with Crippen LogP contribution in [-0.4, -0.2) is 21.6 Å². The van der Waals surface area contributed by atoms with Crippen LogP contribution in [0.15, 0.2) is 29.2 Å². The summed E-state index contributed by atoms with van der Waals surface area (Å²) in [6.07, 6.45) is 0. The largest absolute Gasteiger partial charge is 0.479 e. The van der Waals surface area contributed by atoms with Crippen molar-refractivity contribution in [2.45, 2.75) is 30.1 Å². The number of carbonyl (C=O) groups is 1. The Morgan fingerprint density at radius 3 is 2.47 bits per heavy atom. The number of carboxylic acids is 1. The molecule has 0 aliphatic rings. The van der Waals surface area contributed by atoms with Crippen molar-refractivity contribution in [3.63, 3.8) is 0 Å². The standard InChI is InChI=1S/C11H14O3S/c1-7(2)8-5-3-4-6-9(8)15-11(14)10(12)13/h3-7,11,14H,1-2H3,(H,12,13). The molecule has 82 valence electrons. The van der Waals surface area contributed by atoms with Gasteiger partial charge < -0.3 is 10.2 Å². The molecule has 3 nitrogen and oxygen atoms in total. The van der Waals surface area contributed by atoms with Gasteiger partial charge in [0.15, 0.2) is 0 Å². The van der Waals surface area contributed by atoms with E-state index in [0.29, 0.717) is 5.92 Å². The number of rotatable bonds is 4. The van der Waals surface area contributed by atoms with Crippen LogP contribution in [0, 0.1) is 0 Å². The molecular weight excluding hydrogens is 212 g/mol. The van der Waals surface area contributed by atoms with Gasteiger partial charge >= 0.3 is 5.97 Å². The fraction of sp³-hybridized carbons (Fsp3) is 0.364. The van der Waals surface area contributed by atoms with Crippen LogP contribution in [0.4, 0.5) is 0 Å². The summed E-state index contributed by atoms with van der Waals surface area (Å²) in [5.74, 6) is -0.895. The summed E-state index contributed by atoms with van der Waals surface area (Å²) in [5.41, 5.74) is -0.340. The Kier molecular flexibility index (Phi) is 4.17. The molecule has 0 spiro atoms. The summed E-state index contributed by atoms with van der Waals surface area (Å²) >= 11 is 0.963. The molecule has 1 rings (SSSR count). The van der Waals surface area contributed by atoms with E-state index in [0.717, 1.165) is 22.2 Å². The second kappa shape index (κ2) is 5.19. The molecule has 0 heterocycles. The van der Waals surface area contributed by atoms with Crippen LogP contribution >= 0.6 is 11.8 Å². The maximum atomic E-state index is 10.5. The molecule has 4 heteroatoms. The Morgan fingerprint density at radius 1 is 1.33 bits per heavy atom. The van der Waals surface area contributed by atoms with E-state index < -0.39 is 11.4 Å². The molecule has 0 saturated heterocycles. The normalized spacial score (nSPS) is 12.8. The molecule has 0 aromatic heterocycles. The first kappa shape index (κ1) is 12.1. The van der Waals surface area contributed by atoms with E-state index in [1.54, 1.807) is 0 Å². The van der Waals surface area contributed by atoms with Gasteiger partial charge in [-0.3, -0.25) is 0 Å². The predicted octanol–water partition coefficient (Wildman–Crippen LogP) is 2.31. The van der Waals surface area contributed by atoms with Gasteiger partial charge in [-0.1, -0.05) is 43.8 Å². The lowest BCUT2D eigenvalue weighted by Crippen LogP contribution is -2.15. The smallest absolute Gasteiger partial charge is 0.343 e. The van der Waals surface area contributed by atoms with Crippen molar-refractivity contribution in [1.82, 2.24) is 0 Å². The molecule has 1 atom stereocenters. The number of hydrogen-bond acceptors (Lipinski definition) is 3. The van der Waals surface area contributed by atoms with E-state index in [1.807, 2.05) is 38.1 Å². The zero-order valence-corrected chi connectivity index (χ0v) is 9.49. The van der Waals surface area contributed by atoms with Gasteiger partial charge in [0.05, 0.1) is 0 Å². The van der Waals surface area contributed by atoms with Crippen molar-refractivity contribution in [3.8, 4) is 0 Å². The van der Waals surface area contributed by atoms with Crippen molar-refractivity contribution in [3.05, 3.63) is 29.8 Å². The Bertz CT molecular complexity index is 349. The first-order chi connectivity index (χ1) is 7.02. The number of aliphatic carboxylic acids is 1. The molecule has 1 unspecified atom stereocenters. The fourth-order valence-corrected chi connectivity index (χ4v) is 2.17. The molecule has 2 N–H and O–H groups in total. The van der Waals surface area contributed by atoms with E-state index >= 15 is 0 Å². The summed E-state index contributed by atoms with van der Waals surface area (Å²) in [7, 11) is 0. The summed E-state index contributed by atoms with van der Waals surface area (Å²) in [6, 6.07) is 7.52. The second-order valence-corrected chi connectivity index (χ2v) is 4.62. The van der Waals surface area contributed by atoms with Crippen LogP contribution < -0.4 is 0 Å². The van der Waals surface area contributed by atoms with Crippen molar-refractivity contribution in [1.29, 1.82) is 0 Å². The lowest BCUT2D eigenvalue weighted by molar-refractivity contribution is -0.141. The lowest BCUT2D eigenvalue weighted by atomic mass is 10.0. The van der Waals surface area contributed by atoms with Crippen molar-refractivity contribution >= 4 is 17.7 Å². The van der Waals surface area contributed by atoms with E-state index in [1.165, 1.54) is 0 Å². The third-order valence-electron chi connectivity index (χ3n) is 1.99. The van der Waals surface area contributed by atoms with Crippen molar-refractivity contribution in [2.24, 2.45) is 0 Å². The summed E-state index contributed by atoms with van der Waals surface area (Å²) in [6.45, 7) is 4.07. The monoisotopic (exact) mass is 226 g/mol. The summed E-state index contributed by atoms with van der Waals surface area (Å²) in [4.78, 5) is 11.3. The third-order valence-corrected chi connectivity index (χ3v) is 3.04. The quantitative estimate of drug-likeness (QED) is 0.611. The highest BCUT2D eigenvalue weighted by molar-refractivity contribution is 8.00. The SMILES string of the molecule is CC(C)c1ccccc1SC(O)C(=O)O. The molecular formula is C11H14O3S. The van der Waals surface area contributed by atoms with Gasteiger partial charge in [-0.25, -0.2) is 4.79 Å². The van der Waals surface area contributed by atoms with Crippen LogP contribution in [0.2, 0.25) is 0 Å². The molecule has 1 aromatic carbocycles. The van der Waals surface area contributed by atoms with Crippen LogP contribution in [0.5, 0.6) is 0 Å². The zero-order chi connectivity index (χ0) is 11.4. The van der Waals surface area contributed by atoms with Gasteiger partial charge in [0.2, 0.25) is 5.44 Å². The molecule has 15 heavy (non-hydrogen) atoms. The van der Waals surface area contributed by atoms with Gasteiger partial charge in [0.1, 0.15) is 0 Å². The number of hydrogen-bond donors (Lipinski definition) is 2. The van der Waals surface area contributed by atoms with Crippen LogP contribution in [0.3, 0.4) is 0 Å². The molecule has 0 aliphatic heterocycles. The van der Waals surface area contributed by atoms with E-state index in [2.05, 4.69) is 0 Å². The Balaban J connectivity index is 2.89. The minimum atomic E-state index is -1.40. The highest BCUT2D eigenvalue weighted by atomic mass is 32.2. The van der Waals surface area contributed by atoms with Crippen LogP contribution in [0.1, 0.15) is 25.3 Å². The molecule has 0 saturated carbocycles. The average Bonchev–Trinajstić information content (AvgIpc) is 2.18. The zero-order valence-electron chi connectivity index (χ0n) is 8.68. The topological polar surface area (TPSA) is 57.5 Å². The van der Waals surface area contributed by atoms with E-state index in [-0.39, 0.29) is 0 Å². The van der Waals surface area contributed by atoms with Crippen LogP contribution in [0.25, 0.3) is 0 Å². The van der Waals surface area contributed by atoms with Gasteiger partial charge in [-0.05, 0) is 17.5 Å². The summed E-state index contributed by atoms with van der Waals surface area (Å²) < 4.78 is 0. The maximum absolute atomic E-state index is 10.5. The van der Waals surface area contributed by atoms with Crippen molar-refractivity contribution < 1.29 is 15.0 Å². The van der Waals surface area contributed by atoms with E-state index in [4.69, 9.17) is 5.11 Å². The highest BCUT2D eigenvalue weighted by Crippen LogP contribution is 2.30. The molecule has 0 aliphatic carbocycles. The van der Waals surface area contributed by atoms with Gasteiger partial charge in [-0.2, -0.15) is 0 Å². The summed E-state index contributed by atoms with van der Waals surface area (Å²) in [5, 5.41) is 17.9. The maximum Gasteiger partial charge on any atom is 0.343 e. The molecule has 0 radical (unpaired) electrons. The van der Waals surface area contributed by atoms with Gasteiger partial charge in [0, 0.05) is 4.90 Å². The Labute approximate surface area is 93.1 Å². The lowest BCUT2D eigenvalue weighted by Gasteiger charge is -2.13. The first-order valence-electron chi connectivity index (χ1n) is 4.69. The molecule has 0 fully saturated rings. The molecule has 0 bridgehead atoms. The minimum Gasteiger partial charge on any atom is -0.479 e. The number of carboxylic acid groups (broad SMARTS) is 1. The fourth-order valence-electron chi connectivity index (χ4n) is 1.24. The Morgan fingerprint density at radius 2 is 1.93 bits per heavy atom. The number of thioether (sulfide) groups is 1. The predicted molar refractivity (Wildman–Crippen MR) is 60.0 cm³/mol. The number of benzene rings is 1. The highest BCUT2D eigenvalue weighted by Gasteiger charge is 2.17. The number of aliphatic hydroxyl groups excluding tert-OH is 1. The second-order valence-electron chi connectivity index (χ2n) is 3.50. The van der Waals surface area contributed by atoms with Crippen LogP contribution in [-0.2, 0) is 4.79 Å². The third kappa shape index (κ3) is 3.25. The molecule has 1 aromatic rings. The molecule has 0 amide bonds. The first-order valence-corrected chi connectivity index (χ1v) is 5.56. The minimum absolute atomic E-state index is 0.315. The van der Waals surface area contributed by atoms with Gasteiger partial charge in [0.25, 0.3) is 0 Å². The van der Waals surface area contributed by atoms with Gasteiger partial charge in [-0.15, -0.1) is 0 Å². The van der Waals surface area contributed by atoms with Crippen molar-refractivity contribution in [2.75, 3.05) is 0 Å².